The predicted octanol–water partition coefficient (Wildman–Crippen LogP) is 2.68. The van der Waals surface area contributed by atoms with Crippen molar-refractivity contribution in [3.8, 4) is 0 Å². The lowest BCUT2D eigenvalue weighted by Gasteiger charge is -2.44. The van der Waals surface area contributed by atoms with Crippen molar-refractivity contribution in [1.29, 1.82) is 0 Å². The summed E-state index contributed by atoms with van der Waals surface area (Å²) in [5.74, 6) is 1.69. The number of likely N-dealkylation sites (tertiary alicyclic amines) is 1. The molecule has 1 aromatic carbocycles. The maximum Gasteiger partial charge on any atom is 0.223 e. The molecule has 4 fully saturated rings. The van der Waals surface area contributed by atoms with Gasteiger partial charge in [0, 0.05) is 32.1 Å². The smallest absolute Gasteiger partial charge is 0.223 e. The fraction of sp³-hybridized carbons (Fsp3) is 0.667. The third-order valence-electron chi connectivity index (χ3n) is 6.65. The zero-order chi connectivity index (χ0) is 16.8. The summed E-state index contributed by atoms with van der Waals surface area (Å²) in [4.78, 5) is 17.6. The zero-order valence-corrected chi connectivity index (χ0v) is 14.8. The molecule has 1 aliphatic carbocycles. The molecule has 1 unspecified atom stereocenters. The summed E-state index contributed by atoms with van der Waals surface area (Å²) in [7, 11) is 0. The van der Waals surface area contributed by atoms with E-state index in [9.17, 15) is 4.79 Å². The highest BCUT2D eigenvalue weighted by Crippen LogP contribution is 2.43. The summed E-state index contributed by atoms with van der Waals surface area (Å²) in [5.41, 5.74) is 1.37. The van der Waals surface area contributed by atoms with Crippen LogP contribution < -0.4 is 0 Å². The second-order valence-corrected chi connectivity index (χ2v) is 8.44. The molecule has 25 heavy (non-hydrogen) atoms. The van der Waals surface area contributed by atoms with Crippen molar-refractivity contribution in [1.82, 2.24) is 9.80 Å². The van der Waals surface area contributed by atoms with Crippen molar-refractivity contribution >= 4 is 5.91 Å². The van der Waals surface area contributed by atoms with E-state index in [4.69, 9.17) is 4.74 Å². The number of carbonyl (C=O) groups is 1. The van der Waals surface area contributed by atoms with Gasteiger partial charge >= 0.3 is 0 Å². The first kappa shape index (κ1) is 15.8. The van der Waals surface area contributed by atoms with E-state index < -0.39 is 0 Å². The van der Waals surface area contributed by atoms with E-state index in [2.05, 4.69) is 40.1 Å². The SMILES string of the molecule is O=C1CC[C@@H]2CN(Cc3ccccc3)C[C@@H]3CC2N1[C@@H](C1CC1)CO3. The highest BCUT2D eigenvalue weighted by atomic mass is 16.5. The minimum absolute atomic E-state index is 0.274. The molecule has 3 aliphatic heterocycles. The molecule has 0 aromatic heterocycles. The standard InChI is InChI=1S/C21H28N2O2/c24-21-9-8-17-12-22(11-15-4-2-1-3-5-15)13-18-10-19(17)23(21)20(14-25-18)16-6-7-16/h1-5,16-20H,6-14H2/t17-,18+,19?,20-/m1/s1. The molecule has 3 saturated heterocycles. The van der Waals surface area contributed by atoms with Gasteiger partial charge in [-0.25, -0.2) is 0 Å². The quantitative estimate of drug-likeness (QED) is 0.848. The number of amides is 1. The van der Waals surface area contributed by atoms with Crippen LogP contribution in [-0.4, -0.2) is 53.6 Å². The van der Waals surface area contributed by atoms with E-state index >= 15 is 0 Å². The van der Waals surface area contributed by atoms with Crippen LogP contribution in [0.3, 0.4) is 0 Å². The largest absolute Gasteiger partial charge is 0.375 e. The van der Waals surface area contributed by atoms with Crippen LogP contribution in [0.15, 0.2) is 30.3 Å². The van der Waals surface area contributed by atoms with Gasteiger partial charge in [-0.1, -0.05) is 30.3 Å². The third-order valence-corrected chi connectivity index (χ3v) is 6.65. The van der Waals surface area contributed by atoms with E-state index in [1.54, 1.807) is 0 Å². The summed E-state index contributed by atoms with van der Waals surface area (Å²) in [6.45, 7) is 3.84. The van der Waals surface area contributed by atoms with Crippen molar-refractivity contribution in [2.45, 2.75) is 56.8 Å². The molecular weight excluding hydrogens is 312 g/mol. The van der Waals surface area contributed by atoms with Crippen LogP contribution in [0.1, 0.15) is 37.7 Å². The van der Waals surface area contributed by atoms with Crippen LogP contribution in [0.4, 0.5) is 0 Å². The number of fused-ring (bicyclic) bond motifs is 1. The first-order valence-electron chi connectivity index (χ1n) is 9.97. The molecule has 0 N–H and O–H groups in total. The lowest BCUT2D eigenvalue weighted by Crippen LogP contribution is -2.55. The van der Waals surface area contributed by atoms with Gasteiger partial charge in [-0.05, 0) is 43.1 Å². The van der Waals surface area contributed by atoms with Crippen LogP contribution >= 0.6 is 0 Å². The molecule has 1 saturated carbocycles. The van der Waals surface area contributed by atoms with Gasteiger partial charge in [-0.3, -0.25) is 9.69 Å². The minimum atomic E-state index is 0.274. The molecule has 2 bridgehead atoms. The Hall–Kier alpha value is -1.39. The third kappa shape index (κ3) is 3.11. The van der Waals surface area contributed by atoms with E-state index in [0.29, 0.717) is 29.8 Å². The lowest BCUT2D eigenvalue weighted by molar-refractivity contribution is -0.143. The Morgan fingerprint density at radius 1 is 1.00 bits per heavy atom. The molecule has 1 amide bonds. The Labute approximate surface area is 150 Å². The van der Waals surface area contributed by atoms with Crippen LogP contribution in [0.2, 0.25) is 0 Å². The zero-order valence-electron chi connectivity index (χ0n) is 14.8. The Kier molecular flexibility index (Phi) is 4.05. The molecular formula is C21H28N2O2. The van der Waals surface area contributed by atoms with Gasteiger partial charge in [0.15, 0.2) is 0 Å². The van der Waals surface area contributed by atoms with Crippen LogP contribution in [0.5, 0.6) is 0 Å². The Balaban J connectivity index is 1.39. The fourth-order valence-electron chi connectivity index (χ4n) is 5.28. The van der Waals surface area contributed by atoms with Crippen LogP contribution in [0.25, 0.3) is 0 Å². The minimum Gasteiger partial charge on any atom is -0.375 e. The number of ether oxygens (including phenoxy) is 1. The van der Waals surface area contributed by atoms with E-state index in [1.165, 1.54) is 18.4 Å². The summed E-state index contributed by atoms with van der Waals surface area (Å²) in [5, 5.41) is 0. The number of nitrogens with zero attached hydrogens (tertiary/aromatic N) is 2. The fourth-order valence-corrected chi connectivity index (χ4v) is 5.28. The highest BCUT2D eigenvalue weighted by Gasteiger charge is 2.49. The van der Waals surface area contributed by atoms with Crippen molar-refractivity contribution in [3.05, 3.63) is 35.9 Å². The summed E-state index contributed by atoms with van der Waals surface area (Å²) < 4.78 is 6.36. The van der Waals surface area contributed by atoms with E-state index in [1.807, 2.05) is 0 Å². The molecule has 134 valence electrons. The number of carbonyl (C=O) groups excluding carboxylic acids is 1. The maximum absolute atomic E-state index is 12.7. The average molecular weight is 340 g/mol. The number of benzene rings is 1. The molecule has 1 aromatic rings. The highest BCUT2D eigenvalue weighted by molar-refractivity contribution is 5.78. The number of hydrogen-bond donors (Lipinski definition) is 0. The molecule has 0 radical (unpaired) electrons. The monoisotopic (exact) mass is 340 g/mol. The van der Waals surface area contributed by atoms with Gasteiger partial charge in [0.1, 0.15) is 0 Å². The van der Waals surface area contributed by atoms with Crippen LogP contribution in [-0.2, 0) is 16.1 Å². The van der Waals surface area contributed by atoms with Crippen molar-refractivity contribution in [2.75, 3.05) is 19.7 Å². The van der Waals surface area contributed by atoms with Crippen molar-refractivity contribution in [2.24, 2.45) is 11.8 Å². The predicted molar refractivity (Wildman–Crippen MR) is 95.9 cm³/mol. The van der Waals surface area contributed by atoms with Gasteiger partial charge in [0.2, 0.25) is 5.91 Å². The Bertz CT molecular complexity index is 630. The molecule has 4 atom stereocenters. The van der Waals surface area contributed by atoms with Gasteiger partial charge in [-0.2, -0.15) is 0 Å². The van der Waals surface area contributed by atoms with Gasteiger partial charge < -0.3 is 9.64 Å². The normalized spacial score (nSPS) is 36.0. The second kappa shape index (κ2) is 6.40. The van der Waals surface area contributed by atoms with Gasteiger partial charge in [0.25, 0.3) is 0 Å². The van der Waals surface area contributed by atoms with Crippen molar-refractivity contribution < 1.29 is 9.53 Å². The van der Waals surface area contributed by atoms with Gasteiger partial charge in [-0.15, -0.1) is 0 Å². The summed E-state index contributed by atoms with van der Waals surface area (Å²) in [6, 6.07) is 11.5. The maximum atomic E-state index is 12.7. The second-order valence-electron chi connectivity index (χ2n) is 8.44. The summed E-state index contributed by atoms with van der Waals surface area (Å²) >= 11 is 0. The molecule has 4 aliphatic rings. The van der Waals surface area contributed by atoms with Gasteiger partial charge in [0.05, 0.1) is 18.8 Å². The Morgan fingerprint density at radius 3 is 2.64 bits per heavy atom. The lowest BCUT2D eigenvalue weighted by atomic mass is 9.85. The number of piperidine rings is 1. The molecule has 5 rings (SSSR count). The van der Waals surface area contributed by atoms with Crippen LogP contribution in [0, 0.1) is 11.8 Å². The van der Waals surface area contributed by atoms with E-state index in [0.717, 1.165) is 45.5 Å². The number of hydrogen-bond acceptors (Lipinski definition) is 3. The number of rotatable bonds is 3. The average Bonchev–Trinajstić information content (AvgIpc) is 3.45. The van der Waals surface area contributed by atoms with E-state index in [-0.39, 0.29) is 6.10 Å². The molecule has 4 heteroatoms. The first-order valence-corrected chi connectivity index (χ1v) is 9.97. The Morgan fingerprint density at radius 2 is 1.84 bits per heavy atom. The van der Waals surface area contributed by atoms with Crippen molar-refractivity contribution in [3.63, 3.8) is 0 Å². The first-order chi connectivity index (χ1) is 12.3. The molecule has 0 spiro atoms. The molecule has 3 heterocycles. The topological polar surface area (TPSA) is 32.8 Å². The summed E-state index contributed by atoms with van der Waals surface area (Å²) in [6.07, 6.45) is 5.64. The molecule has 4 nitrogen and oxygen atoms in total.